The van der Waals surface area contributed by atoms with Crippen molar-refractivity contribution in [1.29, 1.82) is 5.26 Å². The lowest BCUT2D eigenvalue weighted by atomic mass is 9.86. The summed E-state index contributed by atoms with van der Waals surface area (Å²) in [5.41, 5.74) is 2.17. The molecule has 0 bridgehead atoms. The predicted octanol–water partition coefficient (Wildman–Crippen LogP) is 5.29. The van der Waals surface area contributed by atoms with Crippen LogP contribution in [-0.4, -0.2) is 21.4 Å². The minimum absolute atomic E-state index is 0.171. The number of pyridine rings is 1. The number of aromatic nitrogens is 3. The van der Waals surface area contributed by atoms with E-state index in [4.69, 9.17) is 0 Å². The van der Waals surface area contributed by atoms with E-state index < -0.39 is 12.6 Å². The zero-order chi connectivity index (χ0) is 19.8. The Morgan fingerprint density at radius 3 is 2.33 bits per heavy atom. The number of hydrogen-bond acceptors (Lipinski definition) is 3. The third kappa shape index (κ3) is 3.80. The van der Waals surface area contributed by atoms with Crippen molar-refractivity contribution in [3.8, 4) is 17.3 Å². The monoisotopic (exact) mass is 372 g/mol. The quantitative estimate of drug-likeness (QED) is 0.679. The summed E-state index contributed by atoms with van der Waals surface area (Å²) in [5, 5.41) is 17.4. The first-order valence-electron chi connectivity index (χ1n) is 8.55. The van der Waals surface area contributed by atoms with E-state index in [0.717, 1.165) is 0 Å². The molecule has 4 nitrogen and oxygen atoms in total. The van der Waals surface area contributed by atoms with E-state index in [1.54, 1.807) is 24.3 Å². The van der Waals surface area contributed by atoms with Crippen molar-refractivity contribution >= 4 is 11.0 Å². The number of benzene rings is 1. The van der Waals surface area contributed by atoms with Crippen LogP contribution in [0.15, 0.2) is 30.3 Å². The molecule has 0 aliphatic carbocycles. The summed E-state index contributed by atoms with van der Waals surface area (Å²) in [7, 11) is 0. The maximum atomic E-state index is 12.9. The Hall–Kier alpha value is -2.88. The lowest BCUT2D eigenvalue weighted by Gasteiger charge is -2.19. The molecule has 2 heterocycles. The highest BCUT2D eigenvalue weighted by Crippen LogP contribution is 2.36. The number of nitrogens with one attached hydrogen (secondary N) is 1. The third-order valence-electron chi connectivity index (χ3n) is 4.37. The zero-order valence-corrected chi connectivity index (χ0v) is 15.3. The number of hydrogen-bond donors (Lipinski definition) is 1. The van der Waals surface area contributed by atoms with Crippen molar-refractivity contribution in [2.24, 2.45) is 0 Å². The Bertz CT molecular complexity index is 1010. The molecular formula is C20H19F3N4. The first kappa shape index (κ1) is 18.9. The van der Waals surface area contributed by atoms with Crippen molar-refractivity contribution in [3.05, 3.63) is 47.2 Å². The summed E-state index contributed by atoms with van der Waals surface area (Å²) in [4.78, 5) is 4.51. The average molecular weight is 372 g/mol. The number of alkyl halides is 3. The topological polar surface area (TPSA) is 65.4 Å². The van der Waals surface area contributed by atoms with E-state index in [1.165, 1.54) is 0 Å². The molecule has 0 amide bonds. The smallest absolute Gasteiger partial charge is 0.279 e. The van der Waals surface area contributed by atoms with Crippen LogP contribution in [-0.2, 0) is 11.8 Å². The first-order valence-corrected chi connectivity index (χ1v) is 8.55. The number of nitrogens with zero attached hydrogens (tertiary/aromatic N) is 3. The Morgan fingerprint density at radius 2 is 1.78 bits per heavy atom. The first-order chi connectivity index (χ1) is 12.6. The molecule has 1 aromatic carbocycles. The van der Waals surface area contributed by atoms with Gasteiger partial charge in [0.05, 0.1) is 17.0 Å². The molecule has 0 aliphatic rings. The van der Waals surface area contributed by atoms with Gasteiger partial charge in [-0.15, -0.1) is 0 Å². The minimum atomic E-state index is -4.32. The summed E-state index contributed by atoms with van der Waals surface area (Å²) in [5.74, 6) is 0. The largest absolute Gasteiger partial charge is 0.389 e. The predicted molar refractivity (Wildman–Crippen MR) is 97.1 cm³/mol. The highest BCUT2D eigenvalue weighted by Gasteiger charge is 2.31. The van der Waals surface area contributed by atoms with Gasteiger partial charge < -0.3 is 0 Å². The number of H-pyrrole nitrogens is 1. The second-order valence-corrected chi connectivity index (χ2v) is 7.45. The van der Waals surface area contributed by atoms with Crippen LogP contribution in [0.3, 0.4) is 0 Å². The van der Waals surface area contributed by atoms with Gasteiger partial charge in [0.25, 0.3) is 0 Å². The molecule has 2 aromatic heterocycles. The molecule has 0 saturated carbocycles. The summed E-state index contributed by atoms with van der Waals surface area (Å²) in [6.45, 7) is 5.81. The van der Waals surface area contributed by atoms with E-state index >= 15 is 0 Å². The fourth-order valence-electron chi connectivity index (χ4n) is 3.11. The molecule has 0 radical (unpaired) electrons. The molecule has 0 unspecified atom stereocenters. The molecule has 1 N–H and O–H groups in total. The molecule has 140 valence electrons. The van der Waals surface area contributed by atoms with Crippen molar-refractivity contribution in [3.63, 3.8) is 0 Å². The lowest BCUT2D eigenvalue weighted by Crippen LogP contribution is -2.14. The molecule has 0 atom stereocenters. The third-order valence-corrected chi connectivity index (χ3v) is 4.37. The lowest BCUT2D eigenvalue weighted by molar-refractivity contribution is -0.133. The van der Waals surface area contributed by atoms with Crippen LogP contribution in [0.2, 0.25) is 0 Å². The Labute approximate surface area is 155 Å². The van der Waals surface area contributed by atoms with Gasteiger partial charge in [-0.1, -0.05) is 51.1 Å². The average Bonchev–Trinajstić information content (AvgIpc) is 3.03. The van der Waals surface area contributed by atoms with Gasteiger partial charge in [-0.3, -0.25) is 5.10 Å². The standard InChI is InChI=1S/C20H19F3N4/c1-19(2,3)17-15-13(9-10-20(21,22)23)14(11-24)16(25-18(15)27-26-17)12-7-5-4-6-8-12/h4-8H,9-10H2,1-3H3,(H,25,26,27). The SMILES string of the molecule is CC(C)(C)c1[nH]nc2nc(-c3ccccc3)c(C#N)c(CCC(F)(F)F)c12. The summed E-state index contributed by atoms with van der Waals surface area (Å²) in [6.07, 6.45) is -5.63. The Kier molecular flexibility index (Phi) is 4.68. The van der Waals surface area contributed by atoms with Gasteiger partial charge in [0.15, 0.2) is 5.65 Å². The number of aromatic amines is 1. The van der Waals surface area contributed by atoms with E-state index in [1.807, 2.05) is 26.8 Å². The van der Waals surface area contributed by atoms with Crippen LogP contribution in [0, 0.1) is 11.3 Å². The number of fused-ring (bicyclic) bond motifs is 1. The molecule has 27 heavy (non-hydrogen) atoms. The van der Waals surface area contributed by atoms with Crippen molar-refractivity contribution in [2.45, 2.75) is 45.2 Å². The van der Waals surface area contributed by atoms with E-state index in [0.29, 0.717) is 33.5 Å². The maximum absolute atomic E-state index is 12.9. The number of nitriles is 1. The van der Waals surface area contributed by atoms with Crippen LogP contribution in [0.5, 0.6) is 0 Å². The second-order valence-electron chi connectivity index (χ2n) is 7.45. The minimum Gasteiger partial charge on any atom is -0.279 e. The number of halogens is 3. The normalized spacial score (nSPS) is 12.3. The number of aryl methyl sites for hydroxylation is 1. The summed E-state index contributed by atoms with van der Waals surface area (Å²) < 4.78 is 38.8. The van der Waals surface area contributed by atoms with Gasteiger partial charge in [-0.25, -0.2) is 4.98 Å². The van der Waals surface area contributed by atoms with Gasteiger partial charge in [-0.2, -0.15) is 23.5 Å². The van der Waals surface area contributed by atoms with Gasteiger partial charge in [-0.05, 0) is 12.0 Å². The highest BCUT2D eigenvalue weighted by molar-refractivity contribution is 5.89. The summed E-state index contributed by atoms with van der Waals surface area (Å²) >= 11 is 0. The van der Waals surface area contributed by atoms with Crippen LogP contribution in [0.4, 0.5) is 13.2 Å². The van der Waals surface area contributed by atoms with E-state index in [-0.39, 0.29) is 17.4 Å². The van der Waals surface area contributed by atoms with Gasteiger partial charge >= 0.3 is 6.18 Å². The maximum Gasteiger partial charge on any atom is 0.389 e. The molecule has 0 fully saturated rings. The number of rotatable bonds is 3. The second kappa shape index (κ2) is 6.69. The van der Waals surface area contributed by atoms with Crippen LogP contribution >= 0.6 is 0 Å². The molecule has 0 aliphatic heterocycles. The zero-order valence-electron chi connectivity index (χ0n) is 15.3. The van der Waals surface area contributed by atoms with Gasteiger partial charge in [0.1, 0.15) is 6.07 Å². The van der Waals surface area contributed by atoms with Crippen LogP contribution in [0.1, 0.15) is 44.0 Å². The van der Waals surface area contributed by atoms with Gasteiger partial charge in [0.2, 0.25) is 0 Å². The van der Waals surface area contributed by atoms with E-state index in [9.17, 15) is 18.4 Å². The van der Waals surface area contributed by atoms with Crippen LogP contribution in [0.25, 0.3) is 22.3 Å². The summed E-state index contributed by atoms with van der Waals surface area (Å²) in [6, 6.07) is 11.1. The fourth-order valence-corrected chi connectivity index (χ4v) is 3.11. The molecule has 3 rings (SSSR count). The molecule has 0 saturated heterocycles. The molecular weight excluding hydrogens is 353 g/mol. The Balaban J connectivity index is 2.33. The van der Waals surface area contributed by atoms with Crippen molar-refractivity contribution in [1.82, 2.24) is 15.2 Å². The van der Waals surface area contributed by atoms with Gasteiger partial charge in [0, 0.05) is 22.8 Å². The van der Waals surface area contributed by atoms with E-state index in [2.05, 4.69) is 21.3 Å². The van der Waals surface area contributed by atoms with Crippen LogP contribution < -0.4 is 0 Å². The molecule has 3 aromatic rings. The van der Waals surface area contributed by atoms with Crippen molar-refractivity contribution in [2.75, 3.05) is 0 Å². The van der Waals surface area contributed by atoms with Crippen molar-refractivity contribution < 1.29 is 13.2 Å². The molecule has 0 spiro atoms. The Morgan fingerprint density at radius 1 is 1.11 bits per heavy atom. The molecule has 7 heteroatoms. The highest BCUT2D eigenvalue weighted by atomic mass is 19.4. The fraction of sp³-hybridized carbons (Fsp3) is 0.350.